The first-order chi connectivity index (χ1) is 10.1. The monoisotopic (exact) mass is 302 g/mol. The van der Waals surface area contributed by atoms with Crippen molar-refractivity contribution < 1.29 is 14.6 Å². The van der Waals surface area contributed by atoms with E-state index in [1.54, 1.807) is 18.9 Å². The zero-order chi connectivity index (χ0) is 15.2. The van der Waals surface area contributed by atoms with Gasteiger partial charge in [0.1, 0.15) is 5.75 Å². The van der Waals surface area contributed by atoms with Crippen LogP contribution in [0.1, 0.15) is 18.1 Å². The van der Waals surface area contributed by atoms with Crippen molar-refractivity contribution in [1.82, 2.24) is 0 Å². The predicted molar refractivity (Wildman–Crippen MR) is 84.3 cm³/mol. The summed E-state index contributed by atoms with van der Waals surface area (Å²) >= 11 is 1.62. The Morgan fingerprint density at radius 3 is 2.33 bits per heavy atom. The molecule has 0 aliphatic carbocycles. The molecule has 0 atom stereocenters. The number of methoxy groups -OCH3 is 1. The summed E-state index contributed by atoms with van der Waals surface area (Å²) in [6, 6.07) is 13.9. The van der Waals surface area contributed by atoms with Crippen LogP contribution in [0.15, 0.2) is 52.3 Å². The molecule has 0 saturated heterocycles. The number of aryl methyl sites for hydroxylation is 1. The molecule has 0 spiro atoms. The molecule has 110 valence electrons. The molecule has 0 saturated carbocycles. The minimum absolute atomic E-state index is 0.0696. The van der Waals surface area contributed by atoms with Crippen LogP contribution >= 0.6 is 11.8 Å². The van der Waals surface area contributed by atoms with Gasteiger partial charge in [0, 0.05) is 9.79 Å². The smallest absolute Gasteiger partial charge is 0.307 e. The van der Waals surface area contributed by atoms with Crippen LogP contribution in [0.2, 0.25) is 0 Å². The Labute approximate surface area is 129 Å². The fourth-order valence-electron chi connectivity index (χ4n) is 2.12. The van der Waals surface area contributed by atoms with Gasteiger partial charge in [0.2, 0.25) is 0 Å². The standard InChI is InChI=1S/C17H18O3S/c1-3-12-4-7-16(10-13(12)11-17(18)19)21-15-8-5-14(20-2)6-9-15/h4-10H,3,11H2,1-2H3,(H,18,19). The van der Waals surface area contributed by atoms with Gasteiger partial charge in [0.25, 0.3) is 0 Å². The lowest BCUT2D eigenvalue weighted by Gasteiger charge is -2.09. The average Bonchev–Trinajstić information content (AvgIpc) is 2.48. The molecule has 0 fully saturated rings. The second-order valence-electron chi connectivity index (χ2n) is 4.63. The summed E-state index contributed by atoms with van der Waals surface area (Å²) in [5.41, 5.74) is 1.99. The van der Waals surface area contributed by atoms with Crippen molar-refractivity contribution in [1.29, 1.82) is 0 Å². The fourth-order valence-corrected chi connectivity index (χ4v) is 3.00. The van der Waals surface area contributed by atoms with Crippen LogP contribution in [-0.4, -0.2) is 18.2 Å². The summed E-state index contributed by atoms with van der Waals surface area (Å²) in [7, 11) is 1.64. The van der Waals surface area contributed by atoms with Gasteiger partial charge in [-0.15, -0.1) is 0 Å². The van der Waals surface area contributed by atoms with E-state index in [0.717, 1.165) is 33.1 Å². The topological polar surface area (TPSA) is 46.5 Å². The van der Waals surface area contributed by atoms with E-state index in [1.807, 2.05) is 49.4 Å². The molecule has 4 heteroatoms. The lowest BCUT2D eigenvalue weighted by atomic mass is 10.0. The van der Waals surface area contributed by atoms with Crippen LogP contribution in [0, 0.1) is 0 Å². The number of hydrogen-bond acceptors (Lipinski definition) is 3. The molecule has 1 N–H and O–H groups in total. The molecule has 21 heavy (non-hydrogen) atoms. The largest absolute Gasteiger partial charge is 0.497 e. The molecular formula is C17H18O3S. The lowest BCUT2D eigenvalue weighted by Crippen LogP contribution is -2.03. The summed E-state index contributed by atoms with van der Waals surface area (Å²) in [6.45, 7) is 2.04. The van der Waals surface area contributed by atoms with Crippen molar-refractivity contribution >= 4 is 17.7 Å². The summed E-state index contributed by atoms with van der Waals surface area (Å²) in [4.78, 5) is 13.1. The van der Waals surface area contributed by atoms with Gasteiger partial charge >= 0.3 is 5.97 Å². The third-order valence-electron chi connectivity index (χ3n) is 3.20. The fraction of sp³-hybridized carbons (Fsp3) is 0.235. The molecule has 2 aromatic carbocycles. The van der Waals surface area contributed by atoms with E-state index in [-0.39, 0.29) is 6.42 Å². The van der Waals surface area contributed by atoms with E-state index in [1.165, 1.54) is 0 Å². The maximum Gasteiger partial charge on any atom is 0.307 e. The van der Waals surface area contributed by atoms with Crippen molar-refractivity contribution in [3.05, 3.63) is 53.6 Å². The first kappa shape index (κ1) is 15.4. The van der Waals surface area contributed by atoms with Gasteiger partial charge < -0.3 is 9.84 Å². The highest BCUT2D eigenvalue weighted by Crippen LogP contribution is 2.30. The molecule has 0 aromatic heterocycles. The Kier molecular flexibility index (Phi) is 5.28. The number of aliphatic carboxylic acids is 1. The van der Waals surface area contributed by atoms with Gasteiger partial charge in [-0.1, -0.05) is 24.8 Å². The normalized spacial score (nSPS) is 10.4. The van der Waals surface area contributed by atoms with Crippen LogP contribution < -0.4 is 4.74 Å². The van der Waals surface area contributed by atoms with E-state index in [0.29, 0.717) is 0 Å². The highest BCUT2D eigenvalue weighted by Gasteiger charge is 2.08. The van der Waals surface area contributed by atoms with Crippen molar-refractivity contribution in [3.8, 4) is 5.75 Å². The molecule has 0 radical (unpaired) electrons. The van der Waals surface area contributed by atoms with E-state index < -0.39 is 5.97 Å². The van der Waals surface area contributed by atoms with E-state index in [2.05, 4.69) is 0 Å². The summed E-state index contributed by atoms with van der Waals surface area (Å²) in [5.74, 6) is 0.0311. The van der Waals surface area contributed by atoms with Gasteiger partial charge in [-0.2, -0.15) is 0 Å². The number of carbonyl (C=O) groups is 1. The average molecular weight is 302 g/mol. The molecule has 3 nitrogen and oxygen atoms in total. The first-order valence-electron chi connectivity index (χ1n) is 6.78. The molecule has 0 bridgehead atoms. The van der Waals surface area contributed by atoms with Gasteiger partial charge in [-0.3, -0.25) is 4.79 Å². The van der Waals surface area contributed by atoms with Gasteiger partial charge in [0.15, 0.2) is 0 Å². The quantitative estimate of drug-likeness (QED) is 0.875. The van der Waals surface area contributed by atoms with Crippen LogP contribution in [-0.2, 0) is 17.6 Å². The van der Waals surface area contributed by atoms with Crippen LogP contribution in [0.5, 0.6) is 5.75 Å². The molecule has 0 aliphatic heterocycles. The Bertz CT molecular complexity index is 620. The highest BCUT2D eigenvalue weighted by molar-refractivity contribution is 7.99. The Balaban J connectivity index is 2.20. The SMILES string of the molecule is CCc1ccc(Sc2ccc(OC)cc2)cc1CC(=O)O. The Hall–Kier alpha value is -1.94. The third-order valence-corrected chi connectivity index (χ3v) is 4.19. The second-order valence-corrected chi connectivity index (χ2v) is 5.78. The highest BCUT2D eigenvalue weighted by atomic mass is 32.2. The van der Waals surface area contributed by atoms with E-state index in [4.69, 9.17) is 9.84 Å². The molecule has 2 rings (SSSR count). The molecular weight excluding hydrogens is 284 g/mol. The summed E-state index contributed by atoms with van der Waals surface area (Å²) in [5, 5.41) is 9.00. The first-order valence-corrected chi connectivity index (χ1v) is 7.59. The Morgan fingerprint density at radius 1 is 1.10 bits per heavy atom. The van der Waals surface area contributed by atoms with Crippen molar-refractivity contribution in [2.45, 2.75) is 29.6 Å². The van der Waals surface area contributed by atoms with Gasteiger partial charge in [0.05, 0.1) is 13.5 Å². The predicted octanol–water partition coefficient (Wildman–Crippen LogP) is 4.04. The van der Waals surface area contributed by atoms with Crippen LogP contribution in [0.4, 0.5) is 0 Å². The maximum absolute atomic E-state index is 11.0. The molecule has 0 unspecified atom stereocenters. The number of carboxylic acids is 1. The molecule has 2 aromatic rings. The van der Waals surface area contributed by atoms with Crippen molar-refractivity contribution in [3.63, 3.8) is 0 Å². The summed E-state index contributed by atoms with van der Waals surface area (Å²) in [6.07, 6.45) is 0.913. The number of benzene rings is 2. The van der Waals surface area contributed by atoms with Crippen molar-refractivity contribution in [2.75, 3.05) is 7.11 Å². The number of hydrogen-bond donors (Lipinski definition) is 1. The zero-order valence-corrected chi connectivity index (χ0v) is 12.9. The van der Waals surface area contributed by atoms with Crippen LogP contribution in [0.25, 0.3) is 0 Å². The van der Waals surface area contributed by atoms with E-state index in [9.17, 15) is 4.79 Å². The lowest BCUT2D eigenvalue weighted by molar-refractivity contribution is -0.136. The van der Waals surface area contributed by atoms with Gasteiger partial charge in [-0.05, 0) is 53.9 Å². The van der Waals surface area contributed by atoms with Gasteiger partial charge in [-0.25, -0.2) is 0 Å². The third kappa shape index (κ3) is 4.26. The number of carboxylic acid groups (broad SMARTS) is 1. The van der Waals surface area contributed by atoms with Crippen LogP contribution in [0.3, 0.4) is 0 Å². The minimum atomic E-state index is -0.795. The number of rotatable bonds is 6. The summed E-state index contributed by atoms with van der Waals surface area (Å²) < 4.78 is 5.14. The molecule has 0 aliphatic rings. The minimum Gasteiger partial charge on any atom is -0.497 e. The number of ether oxygens (including phenoxy) is 1. The molecule has 0 heterocycles. The second kappa shape index (κ2) is 7.18. The Morgan fingerprint density at radius 2 is 1.76 bits per heavy atom. The zero-order valence-electron chi connectivity index (χ0n) is 12.1. The van der Waals surface area contributed by atoms with Crippen molar-refractivity contribution in [2.24, 2.45) is 0 Å². The molecule has 0 amide bonds. The maximum atomic E-state index is 11.0. The van der Waals surface area contributed by atoms with E-state index >= 15 is 0 Å².